The monoisotopic (exact) mass is 624 g/mol. The second kappa shape index (κ2) is 11.6. The van der Waals surface area contributed by atoms with E-state index in [2.05, 4.69) is 4.90 Å². The quantitative estimate of drug-likeness (QED) is 0.248. The van der Waals surface area contributed by atoms with Crippen LogP contribution in [-0.2, 0) is 32.2 Å². The molecule has 1 amide bonds. The Morgan fingerprint density at radius 1 is 0.886 bits per heavy atom. The summed E-state index contributed by atoms with van der Waals surface area (Å²) in [5.41, 5.74) is -3.37. The minimum absolute atomic E-state index is 0.00923. The molecule has 11 heteroatoms. The van der Waals surface area contributed by atoms with Crippen LogP contribution < -0.4 is 0 Å². The first-order chi connectivity index (χ1) is 20.8. The lowest BCUT2D eigenvalue weighted by molar-refractivity contribution is -0.178. The van der Waals surface area contributed by atoms with Crippen molar-refractivity contribution in [2.24, 2.45) is 11.8 Å². The summed E-state index contributed by atoms with van der Waals surface area (Å²) in [6.07, 6.45) is -5.21. The van der Waals surface area contributed by atoms with Gasteiger partial charge in [-0.25, -0.2) is 0 Å². The summed E-state index contributed by atoms with van der Waals surface area (Å²) >= 11 is 0. The average Bonchev–Trinajstić information content (AvgIpc) is 3.91. The molecule has 4 aliphatic rings. The first-order valence-corrected chi connectivity index (χ1v) is 15.4. The van der Waals surface area contributed by atoms with Gasteiger partial charge in [0.05, 0.1) is 48.1 Å². The molecule has 2 bridgehead atoms. The van der Waals surface area contributed by atoms with Crippen molar-refractivity contribution in [1.82, 2.24) is 9.80 Å². The van der Waals surface area contributed by atoms with Crippen molar-refractivity contribution in [2.45, 2.75) is 75.0 Å². The highest BCUT2D eigenvalue weighted by Crippen LogP contribution is 2.48. The minimum Gasteiger partial charge on any atom is -0.379 e. The number of piperazine rings is 1. The third-order valence-electron chi connectivity index (χ3n) is 9.82. The molecule has 2 saturated carbocycles. The Labute approximate surface area is 253 Å². The van der Waals surface area contributed by atoms with Gasteiger partial charge >= 0.3 is 12.4 Å². The van der Waals surface area contributed by atoms with Gasteiger partial charge in [-0.15, -0.1) is 0 Å². The molecule has 2 aliphatic heterocycles. The number of ether oxygens (including phenoxy) is 2. The standard InChI is InChI=1S/C33H38F6N2O3/c1-22(25-13-27(32(34,35)36)15-28(14-25)33(37,38)39)44-21-31(26-5-3-2-4-6-26)12-11-30(20-43-18-24-9-10-24)19-40(31)17-29(42)41(30)16-23-7-8-23/h2-6,13-15,22-24H,7-12,16-21H2,1H3/t22-,30-,31-/m1/s1. The Balaban J connectivity index is 1.29. The lowest BCUT2D eigenvalue weighted by atomic mass is 9.72. The van der Waals surface area contributed by atoms with Crippen molar-refractivity contribution in [1.29, 1.82) is 0 Å². The molecule has 44 heavy (non-hydrogen) atoms. The van der Waals surface area contributed by atoms with Crippen molar-refractivity contribution in [3.63, 3.8) is 0 Å². The first-order valence-electron chi connectivity index (χ1n) is 15.4. The van der Waals surface area contributed by atoms with Gasteiger partial charge in [-0.1, -0.05) is 30.3 Å². The smallest absolute Gasteiger partial charge is 0.379 e. The minimum atomic E-state index is -4.95. The molecule has 2 heterocycles. The number of rotatable bonds is 11. The van der Waals surface area contributed by atoms with Crippen LogP contribution in [0, 0.1) is 11.8 Å². The van der Waals surface area contributed by atoms with Crippen molar-refractivity contribution < 1.29 is 40.6 Å². The van der Waals surface area contributed by atoms with Crippen molar-refractivity contribution in [3.8, 4) is 0 Å². The van der Waals surface area contributed by atoms with E-state index in [-0.39, 0.29) is 30.7 Å². The molecule has 2 aromatic rings. The number of fused-ring (bicyclic) bond motifs is 2. The maximum atomic E-state index is 13.8. The molecule has 0 N–H and O–H groups in total. The molecule has 0 radical (unpaired) electrons. The van der Waals surface area contributed by atoms with Gasteiger partial charge in [0.15, 0.2) is 0 Å². The molecule has 2 saturated heterocycles. The fourth-order valence-corrected chi connectivity index (χ4v) is 6.77. The Morgan fingerprint density at radius 2 is 1.52 bits per heavy atom. The second-order valence-corrected chi connectivity index (χ2v) is 13.2. The van der Waals surface area contributed by atoms with Gasteiger partial charge in [-0.05, 0) is 86.6 Å². The van der Waals surface area contributed by atoms with Crippen LogP contribution in [0.1, 0.15) is 73.8 Å². The van der Waals surface area contributed by atoms with Gasteiger partial charge in [-0.2, -0.15) is 26.3 Å². The average molecular weight is 625 g/mol. The van der Waals surface area contributed by atoms with E-state index in [1.165, 1.54) is 6.92 Å². The molecule has 4 atom stereocenters. The zero-order valence-corrected chi connectivity index (χ0v) is 24.7. The lowest BCUT2D eigenvalue weighted by Crippen LogP contribution is -2.74. The van der Waals surface area contributed by atoms with Gasteiger partial charge in [0, 0.05) is 19.7 Å². The van der Waals surface area contributed by atoms with Crippen LogP contribution in [0.4, 0.5) is 26.3 Å². The number of benzene rings is 2. The highest BCUT2D eigenvalue weighted by Gasteiger charge is 2.57. The van der Waals surface area contributed by atoms with E-state index in [1.807, 2.05) is 35.2 Å². The number of nitrogens with zero attached hydrogens (tertiary/aromatic N) is 2. The third kappa shape index (κ3) is 6.51. The van der Waals surface area contributed by atoms with Crippen molar-refractivity contribution >= 4 is 5.91 Å². The Kier molecular flexibility index (Phi) is 8.28. The van der Waals surface area contributed by atoms with Crippen LogP contribution >= 0.6 is 0 Å². The highest BCUT2D eigenvalue weighted by atomic mass is 19.4. The number of hydrogen-bond acceptors (Lipinski definition) is 4. The van der Waals surface area contributed by atoms with Crippen LogP contribution in [0.25, 0.3) is 0 Å². The van der Waals surface area contributed by atoms with E-state index in [0.717, 1.165) is 43.4 Å². The SMILES string of the molecule is C[C@@H](OC[C@@]1(c2ccccc2)CC[C@]2(COCC3CC3)CN1CC(=O)N2CC1CC1)c1cc(C(F)(F)F)cc(C(F)(F)F)c1. The van der Waals surface area contributed by atoms with Crippen LogP contribution in [-0.4, -0.2) is 60.7 Å². The maximum absolute atomic E-state index is 13.8. The van der Waals surface area contributed by atoms with Crippen molar-refractivity contribution in [2.75, 3.05) is 39.5 Å². The molecule has 4 fully saturated rings. The summed E-state index contributed by atoms with van der Waals surface area (Å²) < 4.78 is 93.8. The molecule has 6 rings (SSSR count). The number of halogens is 6. The second-order valence-electron chi connectivity index (χ2n) is 13.2. The normalized spacial score (nSPS) is 28.3. The number of hydrogen-bond donors (Lipinski definition) is 0. The molecule has 0 aromatic heterocycles. The maximum Gasteiger partial charge on any atom is 0.416 e. The molecule has 1 unspecified atom stereocenters. The fraction of sp³-hybridized carbons (Fsp3) is 0.606. The molecular formula is C33H38F6N2O3. The topological polar surface area (TPSA) is 42.0 Å². The van der Waals surface area contributed by atoms with Gasteiger partial charge in [0.2, 0.25) is 5.91 Å². The summed E-state index contributed by atoms with van der Waals surface area (Å²) in [5.74, 6) is 1.10. The zero-order chi connectivity index (χ0) is 31.3. The number of carbonyl (C=O) groups excluding carboxylic acids is 1. The summed E-state index contributed by atoms with van der Waals surface area (Å²) in [6.45, 7) is 3.97. The fourth-order valence-electron chi connectivity index (χ4n) is 6.77. The molecule has 240 valence electrons. The van der Waals surface area contributed by atoms with Gasteiger partial charge in [0.1, 0.15) is 0 Å². The molecule has 0 spiro atoms. The number of carbonyl (C=O) groups is 1. The van der Waals surface area contributed by atoms with Crippen LogP contribution in [0.15, 0.2) is 48.5 Å². The summed E-state index contributed by atoms with van der Waals surface area (Å²) in [5, 5.41) is 0. The Hall–Kier alpha value is -2.63. The van der Waals surface area contributed by atoms with Gasteiger partial charge in [-0.3, -0.25) is 9.69 Å². The third-order valence-corrected chi connectivity index (χ3v) is 9.82. The predicted molar refractivity (Wildman–Crippen MR) is 150 cm³/mol. The molecule has 2 aromatic carbocycles. The Bertz CT molecular complexity index is 1310. The van der Waals surface area contributed by atoms with Gasteiger partial charge < -0.3 is 14.4 Å². The van der Waals surface area contributed by atoms with Crippen LogP contribution in [0.2, 0.25) is 0 Å². The lowest BCUT2D eigenvalue weighted by Gasteiger charge is -2.60. The molecule has 2 aliphatic carbocycles. The largest absolute Gasteiger partial charge is 0.416 e. The Morgan fingerprint density at radius 3 is 2.11 bits per heavy atom. The summed E-state index contributed by atoms with van der Waals surface area (Å²) in [4.78, 5) is 17.9. The first kappa shape index (κ1) is 31.4. The van der Waals surface area contributed by atoms with Crippen LogP contribution in [0.5, 0.6) is 0 Å². The number of alkyl halides is 6. The van der Waals surface area contributed by atoms with E-state index < -0.39 is 40.7 Å². The molecular weight excluding hydrogens is 586 g/mol. The molecule has 5 nitrogen and oxygen atoms in total. The van der Waals surface area contributed by atoms with E-state index in [9.17, 15) is 31.1 Å². The summed E-state index contributed by atoms with van der Waals surface area (Å²) in [6, 6.07) is 11.1. The summed E-state index contributed by atoms with van der Waals surface area (Å²) in [7, 11) is 0. The van der Waals surface area contributed by atoms with E-state index >= 15 is 0 Å². The zero-order valence-electron chi connectivity index (χ0n) is 24.7. The van der Waals surface area contributed by atoms with E-state index in [4.69, 9.17) is 9.47 Å². The predicted octanol–water partition coefficient (Wildman–Crippen LogP) is 7.21. The van der Waals surface area contributed by atoms with Gasteiger partial charge in [0.25, 0.3) is 0 Å². The van der Waals surface area contributed by atoms with E-state index in [1.54, 1.807) is 0 Å². The number of amides is 1. The van der Waals surface area contributed by atoms with Crippen LogP contribution in [0.3, 0.4) is 0 Å². The van der Waals surface area contributed by atoms with Crippen molar-refractivity contribution in [3.05, 3.63) is 70.8 Å². The highest BCUT2D eigenvalue weighted by molar-refractivity contribution is 5.80. The van der Waals surface area contributed by atoms with E-state index in [0.29, 0.717) is 51.0 Å². The number of piperidine rings is 1.